The third-order valence-electron chi connectivity index (χ3n) is 4.81. The number of methoxy groups -OCH3 is 1. The number of rotatable bonds is 4. The van der Waals surface area contributed by atoms with E-state index in [1.54, 1.807) is 16.8 Å². The van der Waals surface area contributed by atoms with Gasteiger partial charge in [-0.25, -0.2) is 9.78 Å². The minimum absolute atomic E-state index is 0.0308. The minimum Gasteiger partial charge on any atom is -0.493 e. The predicted molar refractivity (Wildman–Crippen MR) is 112 cm³/mol. The molecule has 4 heterocycles. The molecule has 154 valence electrons. The molecular weight excluding hydrogens is 426 g/mol. The molecule has 0 spiro atoms. The summed E-state index contributed by atoms with van der Waals surface area (Å²) in [5.74, 6) is -0.524. The number of nitrogens with one attached hydrogen (secondary N) is 1. The van der Waals surface area contributed by atoms with E-state index in [-0.39, 0.29) is 22.0 Å². The first-order valence-corrected chi connectivity index (χ1v) is 11.0. The Kier molecular flexibility index (Phi) is 4.70. The number of allylic oxidation sites excluding steroid dienone is 1. The molecule has 2 N–H and O–H groups in total. The van der Waals surface area contributed by atoms with Gasteiger partial charge in [-0.2, -0.15) is 9.61 Å². The lowest BCUT2D eigenvalue weighted by molar-refractivity contribution is -0.135. The first-order chi connectivity index (χ1) is 14.5. The molecule has 1 saturated carbocycles. The molecule has 1 fully saturated rings. The zero-order chi connectivity index (χ0) is 20.8. The van der Waals surface area contributed by atoms with Gasteiger partial charge in [0.15, 0.2) is 11.1 Å². The SMILES string of the molecule is COC(=O)C1=CCC(c2cc(=NC3CC3)n3ncc(=Cc4sc(=O)[nH]c4O)c3n2)S1. The smallest absolute Gasteiger partial charge is 0.344 e. The van der Waals surface area contributed by atoms with Gasteiger partial charge in [0.1, 0.15) is 0 Å². The average Bonchev–Trinajstić information content (AvgIpc) is 3.12. The minimum atomic E-state index is -0.345. The van der Waals surface area contributed by atoms with Crippen LogP contribution in [0.25, 0.3) is 11.7 Å². The summed E-state index contributed by atoms with van der Waals surface area (Å²) in [7, 11) is 1.37. The maximum atomic E-state index is 11.9. The number of thiazole rings is 1. The monoisotopic (exact) mass is 443 g/mol. The van der Waals surface area contributed by atoms with Gasteiger partial charge in [0.05, 0.1) is 40.1 Å². The second kappa shape index (κ2) is 7.40. The number of carbonyl (C=O) groups is 1. The lowest BCUT2D eigenvalue weighted by Gasteiger charge is -2.09. The molecule has 3 aromatic heterocycles. The second-order valence-corrected chi connectivity index (χ2v) is 9.27. The van der Waals surface area contributed by atoms with E-state index >= 15 is 0 Å². The standard InChI is InChI=1S/C19H17N5O4S2/c1-28-18(26)13-5-4-12(29-13)11-7-15(21-10-2-3-10)24-16(22-11)9(8-20-24)6-14-17(25)23-19(27)30-14/h5-8,10,12,25H,2-4H2,1H3,(H,23,27). The number of hydrogen-bond donors (Lipinski definition) is 2. The first kappa shape index (κ1) is 19.1. The Morgan fingerprint density at radius 3 is 3.00 bits per heavy atom. The van der Waals surface area contributed by atoms with Gasteiger partial charge < -0.3 is 9.84 Å². The molecule has 0 amide bonds. The number of fused-ring (bicyclic) bond motifs is 1. The Labute approximate surface area is 177 Å². The summed E-state index contributed by atoms with van der Waals surface area (Å²) in [4.78, 5) is 35.9. The van der Waals surface area contributed by atoms with Gasteiger partial charge in [-0.3, -0.25) is 14.8 Å². The number of aromatic nitrogens is 4. The summed E-state index contributed by atoms with van der Waals surface area (Å²) in [5, 5.41) is 15.0. The van der Waals surface area contributed by atoms with E-state index < -0.39 is 0 Å². The van der Waals surface area contributed by atoms with Crippen LogP contribution in [0.15, 0.2) is 33.0 Å². The highest BCUT2D eigenvalue weighted by atomic mass is 32.2. The van der Waals surface area contributed by atoms with Crippen molar-refractivity contribution in [3.05, 3.63) is 54.2 Å². The summed E-state index contributed by atoms with van der Waals surface area (Å²) in [5.41, 5.74) is 2.08. The van der Waals surface area contributed by atoms with E-state index in [0.29, 0.717) is 38.6 Å². The van der Waals surface area contributed by atoms with Crippen LogP contribution in [0.2, 0.25) is 0 Å². The van der Waals surface area contributed by atoms with Crippen LogP contribution in [0, 0.1) is 0 Å². The van der Waals surface area contributed by atoms with Gasteiger partial charge in [0, 0.05) is 11.3 Å². The van der Waals surface area contributed by atoms with Crippen LogP contribution in [0.3, 0.4) is 0 Å². The van der Waals surface area contributed by atoms with E-state index in [2.05, 4.69) is 10.1 Å². The second-order valence-electron chi connectivity index (χ2n) is 7.01. The van der Waals surface area contributed by atoms with Crippen molar-refractivity contribution in [2.75, 3.05) is 7.11 Å². The first-order valence-electron chi connectivity index (χ1n) is 9.33. The molecule has 5 rings (SSSR count). The van der Waals surface area contributed by atoms with Gasteiger partial charge in [-0.05, 0) is 25.3 Å². The Bertz CT molecular complexity index is 1370. The van der Waals surface area contributed by atoms with Crippen molar-refractivity contribution >= 4 is 40.8 Å². The number of esters is 1. The lowest BCUT2D eigenvalue weighted by atomic mass is 10.2. The van der Waals surface area contributed by atoms with Gasteiger partial charge in [0.25, 0.3) is 0 Å². The molecule has 1 unspecified atom stereocenters. The van der Waals surface area contributed by atoms with Crippen molar-refractivity contribution < 1.29 is 14.6 Å². The van der Waals surface area contributed by atoms with E-state index in [9.17, 15) is 14.7 Å². The summed E-state index contributed by atoms with van der Waals surface area (Å²) in [6.07, 6.45) is 7.95. The highest BCUT2D eigenvalue weighted by Gasteiger charge is 2.27. The van der Waals surface area contributed by atoms with Gasteiger partial charge in [0.2, 0.25) is 5.88 Å². The molecule has 1 aliphatic carbocycles. The van der Waals surface area contributed by atoms with Crippen LogP contribution in [0.4, 0.5) is 0 Å². The van der Waals surface area contributed by atoms with Crippen molar-refractivity contribution in [2.24, 2.45) is 4.99 Å². The molecule has 0 aromatic carbocycles. The predicted octanol–water partition coefficient (Wildman–Crippen LogP) is 1.03. The summed E-state index contributed by atoms with van der Waals surface area (Å²) in [6, 6.07) is 2.21. The van der Waals surface area contributed by atoms with Crippen LogP contribution >= 0.6 is 23.1 Å². The topological polar surface area (TPSA) is 122 Å². The quantitative estimate of drug-likeness (QED) is 0.578. The third-order valence-corrected chi connectivity index (χ3v) is 6.93. The van der Waals surface area contributed by atoms with Crippen LogP contribution in [-0.4, -0.2) is 43.8 Å². The number of aromatic hydroxyl groups is 1. The van der Waals surface area contributed by atoms with Crippen molar-refractivity contribution in [2.45, 2.75) is 30.6 Å². The molecule has 0 radical (unpaired) electrons. The number of hydrogen-bond acceptors (Lipinski definition) is 9. The number of nitrogens with zero attached hydrogens (tertiary/aromatic N) is 4. The number of H-pyrrole nitrogens is 1. The van der Waals surface area contributed by atoms with Crippen molar-refractivity contribution in [3.63, 3.8) is 0 Å². The fourth-order valence-corrected chi connectivity index (χ4v) is 4.97. The normalized spacial score (nSPS) is 20.2. The molecule has 2 aliphatic rings. The summed E-state index contributed by atoms with van der Waals surface area (Å²) >= 11 is 2.34. The number of aromatic amines is 1. The fourth-order valence-electron chi connectivity index (χ4n) is 3.18. The van der Waals surface area contributed by atoms with Crippen LogP contribution in [0.1, 0.15) is 35.1 Å². The molecule has 9 nitrogen and oxygen atoms in total. The zero-order valence-electron chi connectivity index (χ0n) is 15.9. The van der Waals surface area contributed by atoms with E-state index in [1.165, 1.54) is 18.9 Å². The fraction of sp³-hybridized carbons (Fsp3) is 0.316. The maximum Gasteiger partial charge on any atom is 0.344 e. The number of ether oxygens (including phenoxy) is 1. The maximum absolute atomic E-state index is 11.9. The summed E-state index contributed by atoms with van der Waals surface area (Å²) < 4.78 is 6.50. The van der Waals surface area contributed by atoms with Gasteiger partial charge in [-0.15, -0.1) is 11.8 Å². The molecule has 11 heteroatoms. The third kappa shape index (κ3) is 3.54. The Morgan fingerprint density at radius 2 is 2.30 bits per heavy atom. The molecule has 0 bridgehead atoms. The molecule has 1 aliphatic heterocycles. The van der Waals surface area contributed by atoms with Crippen LogP contribution in [0.5, 0.6) is 5.88 Å². The van der Waals surface area contributed by atoms with E-state index in [1.807, 2.05) is 12.1 Å². The molecule has 0 saturated heterocycles. The van der Waals surface area contributed by atoms with Crippen molar-refractivity contribution in [3.8, 4) is 5.88 Å². The molecular formula is C19H17N5O4S2. The van der Waals surface area contributed by atoms with Gasteiger partial charge >= 0.3 is 10.8 Å². The van der Waals surface area contributed by atoms with Crippen molar-refractivity contribution in [1.82, 2.24) is 19.6 Å². The Morgan fingerprint density at radius 1 is 1.47 bits per heavy atom. The molecule has 3 aromatic rings. The highest BCUT2D eigenvalue weighted by molar-refractivity contribution is 8.04. The Hall–Kier alpha value is -2.92. The van der Waals surface area contributed by atoms with E-state index in [0.717, 1.165) is 29.9 Å². The van der Waals surface area contributed by atoms with E-state index in [4.69, 9.17) is 14.7 Å². The average molecular weight is 444 g/mol. The van der Waals surface area contributed by atoms with Crippen LogP contribution in [-0.2, 0) is 9.53 Å². The zero-order valence-corrected chi connectivity index (χ0v) is 17.5. The lowest BCUT2D eigenvalue weighted by Crippen LogP contribution is -2.20. The molecule has 1 atom stereocenters. The number of thioether (sulfide) groups is 1. The van der Waals surface area contributed by atoms with Crippen molar-refractivity contribution in [1.29, 1.82) is 0 Å². The van der Waals surface area contributed by atoms with Crippen LogP contribution < -0.4 is 15.6 Å². The Balaban J connectivity index is 1.63. The largest absolute Gasteiger partial charge is 0.493 e. The number of carbonyl (C=O) groups excluding carboxylic acids is 1. The van der Waals surface area contributed by atoms with Gasteiger partial charge in [-0.1, -0.05) is 17.4 Å². The molecule has 30 heavy (non-hydrogen) atoms. The summed E-state index contributed by atoms with van der Waals surface area (Å²) in [6.45, 7) is 0. The highest BCUT2D eigenvalue weighted by Crippen LogP contribution is 2.43.